The van der Waals surface area contributed by atoms with E-state index in [1.54, 1.807) is 29.6 Å². The Morgan fingerprint density at radius 3 is 2.50 bits per heavy atom. The molecule has 0 atom stereocenters. The number of sulfonamides is 1. The molecule has 7 nitrogen and oxygen atoms in total. The summed E-state index contributed by atoms with van der Waals surface area (Å²) in [5.41, 5.74) is 0.371. The van der Waals surface area contributed by atoms with Crippen molar-refractivity contribution in [3.63, 3.8) is 0 Å². The average molecular weight is 410 g/mol. The number of hydrogen-bond acceptors (Lipinski definition) is 6. The van der Waals surface area contributed by atoms with Crippen LogP contribution in [0.1, 0.15) is 0 Å². The van der Waals surface area contributed by atoms with Crippen molar-refractivity contribution in [1.82, 2.24) is 4.98 Å². The number of ether oxygens (including phenoxy) is 1. The van der Waals surface area contributed by atoms with Gasteiger partial charge in [-0.05, 0) is 36.4 Å². The number of benzene rings is 2. The molecule has 1 amide bonds. The van der Waals surface area contributed by atoms with Gasteiger partial charge in [0, 0.05) is 17.3 Å². The van der Waals surface area contributed by atoms with E-state index >= 15 is 0 Å². The molecule has 3 rings (SSSR count). The van der Waals surface area contributed by atoms with Gasteiger partial charge in [0.05, 0.1) is 9.92 Å². The van der Waals surface area contributed by atoms with Gasteiger partial charge in [-0.1, -0.05) is 23.7 Å². The third-order valence-electron chi connectivity index (χ3n) is 3.10. The Hall–Kier alpha value is -2.62. The van der Waals surface area contributed by atoms with Crippen LogP contribution in [-0.2, 0) is 10.0 Å². The van der Waals surface area contributed by atoms with E-state index in [0.717, 1.165) is 0 Å². The second kappa shape index (κ2) is 7.73. The predicted molar refractivity (Wildman–Crippen MR) is 100 cm³/mol. The number of carbonyl (C=O) groups excluding carboxylic acids is 1. The van der Waals surface area contributed by atoms with Crippen molar-refractivity contribution in [2.45, 2.75) is 4.90 Å². The molecule has 0 spiro atoms. The number of halogens is 1. The Labute approximate surface area is 158 Å². The highest BCUT2D eigenvalue weighted by Crippen LogP contribution is 2.24. The van der Waals surface area contributed by atoms with Gasteiger partial charge in [-0.3, -0.25) is 10.0 Å². The van der Waals surface area contributed by atoms with Crippen LogP contribution in [0.2, 0.25) is 5.02 Å². The predicted octanol–water partition coefficient (Wildman–Crippen LogP) is 4.21. The minimum absolute atomic E-state index is 0.0396. The Bertz CT molecular complexity index is 1010. The number of thiazole rings is 1. The maximum Gasteiger partial charge on any atom is 0.417 e. The second-order valence-electron chi connectivity index (χ2n) is 4.91. The SMILES string of the molecule is O=C(Nc1ccc(S(=O)(=O)Nc2nccs2)cc1)Oc1ccccc1Cl. The summed E-state index contributed by atoms with van der Waals surface area (Å²) in [5.74, 6) is 0.221. The van der Waals surface area contributed by atoms with E-state index in [0.29, 0.717) is 10.7 Å². The lowest BCUT2D eigenvalue weighted by Gasteiger charge is -2.09. The van der Waals surface area contributed by atoms with Crippen molar-refractivity contribution in [3.05, 3.63) is 65.1 Å². The first-order valence-corrected chi connectivity index (χ1v) is 9.94. The first-order chi connectivity index (χ1) is 12.4. The molecule has 1 heterocycles. The zero-order valence-corrected chi connectivity index (χ0v) is 15.4. The van der Waals surface area contributed by atoms with Crippen LogP contribution in [0.3, 0.4) is 0 Å². The quantitative estimate of drug-likeness (QED) is 0.657. The molecule has 134 valence electrons. The van der Waals surface area contributed by atoms with Gasteiger partial charge >= 0.3 is 6.09 Å². The normalized spacial score (nSPS) is 11.0. The molecule has 0 bridgehead atoms. The van der Waals surface area contributed by atoms with E-state index in [4.69, 9.17) is 16.3 Å². The van der Waals surface area contributed by atoms with Crippen LogP contribution >= 0.6 is 22.9 Å². The summed E-state index contributed by atoms with van der Waals surface area (Å²) in [6, 6.07) is 12.2. The van der Waals surface area contributed by atoms with Crippen LogP contribution in [0, 0.1) is 0 Å². The fourth-order valence-corrected chi connectivity index (χ4v) is 3.90. The van der Waals surface area contributed by atoms with Gasteiger partial charge in [0.25, 0.3) is 10.0 Å². The molecule has 1 aromatic heterocycles. The van der Waals surface area contributed by atoms with Gasteiger partial charge in [0.2, 0.25) is 0 Å². The molecule has 0 aliphatic rings. The molecule has 0 saturated heterocycles. The molecule has 0 fully saturated rings. The van der Waals surface area contributed by atoms with Crippen molar-refractivity contribution in [2.24, 2.45) is 0 Å². The molecule has 3 aromatic rings. The maximum absolute atomic E-state index is 12.2. The second-order valence-corrected chi connectivity index (χ2v) is 7.90. The fourth-order valence-electron chi connectivity index (χ4n) is 1.94. The zero-order chi connectivity index (χ0) is 18.6. The topological polar surface area (TPSA) is 97.4 Å². The summed E-state index contributed by atoms with van der Waals surface area (Å²) < 4.78 is 31.9. The molecular formula is C16H12ClN3O4S2. The van der Waals surface area contributed by atoms with Crippen LogP contribution in [-0.4, -0.2) is 19.5 Å². The van der Waals surface area contributed by atoms with Crippen molar-refractivity contribution in [1.29, 1.82) is 0 Å². The smallest absolute Gasteiger partial charge is 0.409 e. The number of anilines is 2. The lowest BCUT2D eigenvalue weighted by atomic mass is 10.3. The van der Waals surface area contributed by atoms with Crippen molar-refractivity contribution in [3.8, 4) is 5.75 Å². The number of amides is 1. The molecule has 0 saturated carbocycles. The Balaban J connectivity index is 1.66. The number of nitrogens with one attached hydrogen (secondary N) is 2. The molecule has 0 radical (unpaired) electrons. The summed E-state index contributed by atoms with van der Waals surface area (Å²) in [5, 5.41) is 4.74. The molecular weight excluding hydrogens is 398 g/mol. The Kier molecular flexibility index (Phi) is 5.40. The van der Waals surface area contributed by atoms with E-state index in [1.165, 1.54) is 41.8 Å². The fraction of sp³-hybridized carbons (Fsp3) is 0. The third kappa shape index (κ3) is 4.51. The minimum Gasteiger partial charge on any atom is -0.409 e. The van der Waals surface area contributed by atoms with Crippen LogP contribution in [0.25, 0.3) is 0 Å². The maximum atomic E-state index is 12.2. The molecule has 2 N–H and O–H groups in total. The first-order valence-electron chi connectivity index (χ1n) is 7.20. The minimum atomic E-state index is -3.75. The third-order valence-corrected chi connectivity index (χ3v) is 5.59. The van der Waals surface area contributed by atoms with E-state index in [-0.39, 0.29) is 15.8 Å². The number of nitrogens with zero attached hydrogens (tertiary/aromatic N) is 1. The number of aromatic nitrogens is 1. The molecule has 0 aliphatic carbocycles. The van der Waals surface area contributed by atoms with Crippen molar-refractivity contribution < 1.29 is 17.9 Å². The highest BCUT2D eigenvalue weighted by Gasteiger charge is 2.16. The van der Waals surface area contributed by atoms with Gasteiger partial charge in [-0.25, -0.2) is 18.2 Å². The summed E-state index contributed by atoms with van der Waals surface area (Å²) in [6.07, 6.45) is 0.759. The lowest BCUT2D eigenvalue weighted by Crippen LogP contribution is -2.17. The Morgan fingerprint density at radius 2 is 1.85 bits per heavy atom. The lowest BCUT2D eigenvalue weighted by molar-refractivity contribution is 0.215. The first kappa shape index (κ1) is 18.2. The van der Waals surface area contributed by atoms with E-state index < -0.39 is 16.1 Å². The van der Waals surface area contributed by atoms with Crippen molar-refractivity contribution in [2.75, 3.05) is 10.0 Å². The molecule has 2 aromatic carbocycles. The molecule has 0 aliphatic heterocycles. The van der Waals surface area contributed by atoms with Gasteiger partial charge < -0.3 is 4.74 Å². The monoisotopic (exact) mass is 409 g/mol. The zero-order valence-electron chi connectivity index (χ0n) is 13.0. The summed E-state index contributed by atoms with van der Waals surface area (Å²) in [4.78, 5) is 15.8. The van der Waals surface area contributed by atoms with Crippen molar-refractivity contribution >= 4 is 49.9 Å². The van der Waals surface area contributed by atoms with E-state index in [2.05, 4.69) is 15.0 Å². The van der Waals surface area contributed by atoms with Gasteiger partial charge in [0.1, 0.15) is 0 Å². The van der Waals surface area contributed by atoms with Crippen LogP contribution in [0.5, 0.6) is 5.75 Å². The molecule has 26 heavy (non-hydrogen) atoms. The van der Waals surface area contributed by atoms with E-state index in [1.807, 2.05) is 0 Å². The number of rotatable bonds is 5. The van der Waals surface area contributed by atoms with Gasteiger partial charge in [0.15, 0.2) is 10.9 Å². The molecule has 10 heteroatoms. The summed E-state index contributed by atoms with van der Waals surface area (Å²) in [6.45, 7) is 0. The van der Waals surface area contributed by atoms with E-state index in [9.17, 15) is 13.2 Å². The van der Waals surface area contributed by atoms with Gasteiger partial charge in [-0.2, -0.15) is 0 Å². The molecule has 0 unspecified atom stereocenters. The van der Waals surface area contributed by atoms with Crippen LogP contribution in [0.4, 0.5) is 15.6 Å². The van der Waals surface area contributed by atoms with Crippen LogP contribution < -0.4 is 14.8 Å². The largest absolute Gasteiger partial charge is 0.417 e. The van der Waals surface area contributed by atoms with Gasteiger partial charge in [-0.15, -0.1) is 11.3 Å². The summed E-state index contributed by atoms with van der Waals surface area (Å²) in [7, 11) is -3.75. The number of carbonyl (C=O) groups is 1. The summed E-state index contributed by atoms with van der Waals surface area (Å²) >= 11 is 7.09. The highest BCUT2D eigenvalue weighted by molar-refractivity contribution is 7.93. The standard InChI is InChI=1S/C16H12ClN3O4S2/c17-13-3-1-2-4-14(13)24-16(21)19-11-5-7-12(8-6-11)26(22,23)20-15-18-9-10-25-15/h1-10H,(H,18,20)(H,19,21). The highest BCUT2D eigenvalue weighted by atomic mass is 35.5. The Morgan fingerprint density at radius 1 is 1.12 bits per heavy atom. The number of hydrogen-bond donors (Lipinski definition) is 2. The number of para-hydroxylation sites is 1. The van der Waals surface area contributed by atoms with Crippen LogP contribution in [0.15, 0.2) is 65.0 Å². The average Bonchev–Trinajstić information content (AvgIpc) is 3.10.